The number of rotatable bonds is 7. The SMILES string of the molecule is CCCCOC(=O)NC(CO)(CO)CO. The molecule has 0 atom stereocenters. The van der Waals surface area contributed by atoms with Gasteiger partial charge < -0.3 is 25.4 Å². The molecule has 15 heavy (non-hydrogen) atoms. The van der Waals surface area contributed by atoms with Crippen LogP contribution in [0.25, 0.3) is 0 Å². The zero-order valence-corrected chi connectivity index (χ0v) is 8.90. The topological polar surface area (TPSA) is 99.0 Å². The zero-order valence-electron chi connectivity index (χ0n) is 8.90. The maximum atomic E-state index is 11.1. The minimum absolute atomic E-state index is 0.278. The number of alkyl carbamates (subject to hydrolysis) is 1. The van der Waals surface area contributed by atoms with Crippen LogP contribution >= 0.6 is 0 Å². The van der Waals surface area contributed by atoms with Crippen LogP contribution in [0.4, 0.5) is 4.79 Å². The Morgan fingerprint density at radius 2 is 1.80 bits per heavy atom. The number of aliphatic hydroxyl groups excluding tert-OH is 3. The van der Waals surface area contributed by atoms with E-state index in [2.05, 4.69) is 5.32 Å². The van der Waals surface area contributed by atoms with Gasteiger partial charge in [-0.15, -0.1) is 0 Å². The predicted octanol–water partition coefficient (Wildman–Crippen LogP) is -0.772. The minimum Gasteiger partial charge on any atom is -0.450 e. The first-order valence-electron chi connectivity index (χ1n) is 4.91. The van der Waals surface area contributed by atoms with Crippen LogP contribution in [0.3, 0.4) is 0 Å². The van der Waals surface area contributed by atoms with Crippen LogP contribution < -0.4 is 5.32 Å². The molecule has 6 nitrogen and oxygen atoms in total. The number of aliphatic hydroxyl groups is 3. The van der Waals surface area contributed by atoms with Crippen molar-refractivity contribution in [3.63, 3.8) is 0 Å². The fourth-order valence-corrected chi connectivity index (χ4v) is 0.830. The monoisotopic (exact) mass is 221 g/mol. The van der Waals surface area contributed by atoms with Gasteiger partial charge in [0.15, 0.2) is 0 Å². The highest BCUT2D eigenvalue weighted by molar-refractivity contribution is 5.68. The largest absolute Gasteiger partial charge is 0.450 e. The second-order valence-electron chi connectivity index (χ2n) is 3.37. The van der Waals surface area contributed by atoms with E-state index in [0.29, 0.717) is 0 Å². The Labute approximate surface area is 88.9 Å². The van der Waals surface area contributed by atoms with Crippen molar-refractivity contribution in [1.29, 1.82) is 0 Å². The van der Waals surface area contributed by atoms with E-state index in [-0.39, 0.29) is 6.61 Å². The van der Waals surface area contributed by atoms with E-state index in [0.717, 1.165) is 12.8 Å². The fraction of sp³-hybridized carbons (Fsp3) is 0.889. The summed E-state index contributed by atoms with van der Waals surface area (Å²) >= 11 is 0. The standard InChI is InChI=1S/C9H19NO5/c1-2-3-4-15-8(14)10-9(5-11,6-12)7-13/h11-13H,2-7H2,1H3,(H,10,14). The highest BCUT2D eigenvalue weighted by Gasteiger charge is 2.30. The molecule has 0 aromatic carbocycles. The quantitative estimate of drug-likeness (QED) is 0.423. The van der Waals surface area contributed by atoms with E-state index < -0.39 is 31.5 Å². The lowest BCUT2D eigenvalue weighted by Crippen LogP contribution is -2.57. The molecule has 0 rings (SSSR count). The van der Waals surface area contributed by atoms with Gasteiger partial charge in [-0.05, 0) is 6.42 Å². The van der Waals surface area contributed by atoms with Crippen LogP contribution in [0.1, 0.15) is 19.8 Å². The van der Waals surface area contributed by atoms with E-state index in [1.165, 1.54) is 0 Å². The molecular formula is C9H19NO5. The molecule has 0 heterocycles. The predicted molar refractivity (Wildman–Crippen MR) is 53.4 cm³/mol. The number of ether oxygens (including phenoxy) is 1. The molecule has 90 valence electrons. The van der Waals surface area contributed by atoms with E-state index in [4.69, 9.17) is 20.1 Å². The molecule has 0 spiro atoms. The van der Waals surface area contributed by atoms with Gasteiger partial charge >= 0.3 is 6.09 Å². The molecule has 4 N–H and O–H groups in total. The number of hydrogen-bond donors (Lipinski definition) is 4. The second-order valence-corrected chi connectivity index (χ2v) is 3.37. The summed E-state index contributed by atoms with van der Waals surface area (Å²) in [6, 6.07) is 0. The van der Waals surface area contributed by atoms with Crippen molar-refractivity contribution < 1.29 is 24.9 Å². The molecule has 0 saturated carbocycles. The van der Waals surface area contributed by atoms with E-state index in [1.807, 2.05) is 6.92 Å². The van der Waals surface area contributed by atoms with Crippen LogP contribution in [-0.2, 0) is 4.74 Å². The third kappa shape index (κ3) is 4.96. The van der Waals surface area contributed by atoms with Gasteiger partial charge in [0, 0.05) is 0 Å². The fourth-order valence-electron chi connectivity index (χ4n) is 0.830. The van der Waals surface area contributed by atoms with Gasteiger partial charge in [0.25, 0.3) is 0 Å². The van der Waals surface area contributed by atoms with Gasteiger partial charge in [0.2, 0.25) is 0 Å². The van der Waals surface area contributed by atoms with Gasteiger partial charge in [-0.25, -0.2) is 4.79 Å². The number of carbonyl (C=O) groups is 1. The lowest BCUT2D eigenvalue weighted by atomic mass is 10.0. The molecule has 0 aromatic rings. The molecule has 0 fully saturated rings. The molecule has 6 heteroatoms. The smallest absolute Gasteiger partial charge is 0.407 e. The Bertz CT molecular complexity index is 173. The molecule has 0 aliphatic heterocycles. The first kappa shape index (κ1) is 14.2. The minimum atomic E-state index is -1.41. The summed E-state index contributed by atoms with van der Waals surface area (Å²) in [7, 11) is 0. The lowest BCUT2D eigenvalue weighted by molar-refractivity contribution is 0.0367. The highest BCUT2D eigenvalue weighted by Crippen LogP contribution is 2.02. The van der Waals surface area contributed by atoms with Crippen molar-refractivity contribution in [2.45, 2.75) is 25.3 Å². The zero-order chi connectivity index (χ0) is 11.7. The number of hydrogen-bond acceptors (Lipinski definition) is 5. The number of unbranched alkanes of at least 4 members (excludes halogenated alkanes) is 1. The van der Waals surface area contributed by atoms with Crippen molar-refractivity contribution in [1.82, 2.24) is 5.32 Å². The molecule has 0 saturated heterocycles. The highest BCUT2D eigenvalue weighted by atomic mass is 16.5. The van der Waals surface area contributed by atoms with Crippen molar-refractivity contribution in [3.05, 3.63) is 0 Å². The summed E-state index contributed by atoms with van der Waals surface area (Å²) < 4.78 is 4.76. The van der Waals surface area contributed by atoms with Crippen LogP contribution in [0, 0.1) is 0 Å². The van der Waals surface area contributed by atoms with Gasteiger partial charge in [-0.1, -0.05) is 13.3 Å². The van der Waals surface area contributed by atoms with Crippen LogP contribution in [0.2, 0.25) is 0 Å². The number of nitrogens with one attached hydrogen (secondary N) is 1. The third-order valence-corrected chi connectivity index (χ3v) is 2.01. The Morgan fingerprint density at radius 3 is 2.20 bits per heavy atom. The normalized spacial score (nSPS) is 11.2. The van der Waals surface area contributed by atoms with Crippen LogP contribution in [0.5, 0.6) is 0 Å². The summed E-state index contributed by atoms with van der Waals surface area (Å²) in [6.07, 6.45) is 0.900. The Hall–Kier alpha value is -0.850. The van der Waals surface area contributed by atoms with E-state index >= 15 is 0 Å². The summed E-state index contributed by atoms with van der Waals surface area (Å²) in [5.74, 6) is 0. The molecular weight excluding hydrogens is 202 g/mol. The summed E-state index contributed by atoms with van der Waals surface area (Å²) in [5, 5.41) is 28.9. The van der Waals surface area contributed by atoms with E-state index in [9.17, 15) is 4.79 Å². The van der Waals surface area contributed by atoms with Crippen molar-refractivity contribution in [3.8, 4) is 0 Å². The summed E-state index contributed by atoms with van der Waals surface area (Å²) in [6.45, 7) is 0.579. The van der Waals surface area contributed by atoms with E-state index in [1.54, 1.807) is 0 Å². The molecule has 0 unspecified atom stereocenters. The molecule has 0 radical (unpaired) electrons. The Balaban J connectivity index is 4.00. The molecule has 0 aliphatic carbocycles. The Kier molecular flexibility index (Phi) is 7.02. The molecule has 1 amide bonds. The van der Waals surface area contributed by atoms with Crippen LogP contribution in [0.15, 0.2) is 0 Å². The molecule has 0 bridgehead atoms. The summed E-state index contributed by atoms with van der Waals surface area (Å²) in [5.41, 5.74) is -1.41. The van der Waals surface area contributed by atoms with Gasteiger partial charge in [0.05, 0.1) is 26.4 Å². The maximum Gasteiger partial charge on any atom is 0.407 e. The lowest BCUT2D eigenvalue weighted by Gasteiger charge is -2.27. The maximum absolute atomic E-state index is 11.1. The number of carbonyl (C=O) groups excluding carboxylic acids is 1. The first-order chi connectivity index (χ1) is 7.14. The van der Waals surface area contributed by atoms with Crippen LogP contribution in [-0.4, -0.2) is 53.4 Å². The van der Waals surface area contributed by atoms with Gasteiger partial charge in [-0.2, -0.15) is 0 Å². The average molecular weight is 221 g/mol. The van der Waals surface area contributed by atoms with Crippen molar-refractivity contribution >= 4 is 6.09 Å². The first-order valence-corrected chi connectivity index (χ1v) is 4.91. The second kappa shape index (κ2) is 7.44. The van der Waals surface area contributed by atoms with Gasteiger partial charge in [0.1, 0.15) is 5.54 Å². The third-order valence-electron chi connectivity index (χ3n) is 2.01. The van der Waals surface area contributed by atoms with Crippen molar-refractivity contribution in [2.24, 2.45) is 0 Å². The molecule has 0 aliphatic rings. The Morgan fingerprint density at radius 1 is 1.27 bits per heavy atom. The molecule has 0 aromatic heterocycles. The number of amides is 1. The summed E-state index contributed by atoms with van der Waals surface area (Å²) in [4.78, 5) is 11.1. The van der Waals surface area contributed by atoms with Crippen molar-refractivity contribution in [2.75, 3.05) is 26.4 Å². The average Bonchev–Trinajstić information content (AvgIpc) is 2.26. The van der Waals surface area contributed by atoms with Gasteiger partial charge in [-0.3, -0.25) is 0 Å².